The molecule has 0 bridgehead atoms. The summed E-state index contributed by atoms with van der Waals surface area (Å²) in [5, 5.41) is 13.0. The number of fused-ring (bicyclic) bond motifs is 1. The van der Waals surface area contributed by atoms with Crippen molar-refractivity contribution in [1.82, 2.24) is 10.0 Å². The van der Waals surface area contributed by atoms with Gasteiger partial charge >= 0.3 is 0 Å². The number of carbonyl (C=O) groups excluding carboxylic acids is 1. The number of rotatable bonds is 4. The van der Waals surface area contributed by atoms with Gasteiger partial charge in [0.1, 0.15) is 17.9 Å². The Bertz CT molecular complexity index is 948. The highest BCUT2D eigenvalue weighted by molar-refractivity contribution is 6.02. The van der Waals surface area contributed by atoms with E-state index in [1.165, 1.54) is 7.05 Å². The second-order valence-electron chi connectivity index (χ2n) is 5.18. The van der Waals surface area contributed by atoms with Crippen molar-refractivity contribution in [3.8, 4) is 5.75 Å². The molecule has 6 nitrogen and oxygen atoms in total. The van der Waals surface area contributed by atoms with Gasteiger partial charge in [-0.05, 0) is 17.7 Å². The van der Waals surface area contributed by atoms with Crippen LogP contribution < -0.4 is 15.7 Å². The first-order chi connectivity index (χ1) is 11.6. The fourth-order valence-corrected chi connectivity index (χ4v) is 2.47. The minimum absolute atomic E-state index is 0.155. The second-order valence-corrected chi connectivity index (χ2v) is 5.18. The van der Waals surface area contributed by atoms with Crippen LogP contribution in [0.2, 0.25) is 0 Å². The zero-order valence-corrected chi connectivity index (χ0v) is 13.0. The lowest BCUT2D eigenvalue weighted by atomic mass is 10.1. The van der Waals surface area contributed by atoms with Crippen LogP contribution in [0.25, 0.3) is 10.9 Å². The molecule has 3 aromatic rings. The van der Waals surface area contributed by atoms with Crippen LogP contribution in [-0.2, 0) is 6.61 Å². The number of nitrogens with one attached hydrogen (secondary N) is 1. The van der Waals surface area contributed by atoms with Crippen LogP contribution in [0.4, 0.5) is 0 Å². The maximum Gasteiger partial charge on any atom is 0.300 e. The molecule has 0 aliphatic heterocycles. The molecule has 0 aliphatic carbocycles. The third-order valence-corrected chi connectivity index (χ3v) is 3.67. The van der Waals surface area contributed by atoms with Gasteiger partial charge in [-0.2, -0.15) is 0 Å². The van der Waals surface area contributed by atoms with Crippen molar-refractivity contribution in [3.05, 3.63) is 76.1 Å². The molecule has 0 fully saturated rings. The van der Waals surface area contributed by atoms with Crippen LogP contribution in [0.5, 0.6) is 5.75 Å². The average Bonchev–Trinajstić information content (AvgIpc) is 2.62. The number of amides is 1. The summed E-state index contributed by atoms with van der Waals surface area (Å²) in [6, 6.07) is 16.1. The predicted molar refractivity (Wildman–Crippen MR) is 90.0 cm³/mol. The summed E-state index contributed by atoms with van der Waals surface area (Å²) in [4.78, 5) is 30.3. The van der Waals surface area contributed by atoms with E-state index in [2.05, 4.69) is 5.32 Å². The Morgan fingerprint density at radius 2 is 1.79 bits per heavy atom. The van der Waals surface area contributed by atoms with Gasteiger partial charge in [0, 0.05) is 12.4 Å². The van der Waals surface area contributed by atoms with Crippen LogP contribution in [0.15, 0.2) is 59.4 Å². The standard InChI is InChI=1S/C18H16N2O4/c1-19-17(22)15-16(21)13-9-5-6-10-14(13)20(18(15)23)24-11-12-7-3-2-4-8-12/h2-10,21H,11H2,1H3,(H,19,22). The number of hydrogen-bond acceptors (Lipinski definition) is 4. The number of aromatic nitrogens is 1. The first-order valence-corrected chi connectivity index (χ1v) is 7.39. The molecular weight excluding hydrogens is 308 g/mol. The van der Waals surface area contributed by atoms with Crippen molar-refractivity contribution in [1.29, 1.82) is 0 Å². The molecule has 1 aromatic heterocycles. The van der Waals surface area contributed by atoms with Gasteiger partial charge in [-0.25, -0.2) is 0 Å². The van der Waals surface area contributed by atoms with E-state index in [0.717, 1.165) is 10.3 Å². The van der Waals surface area contributed by atoms with Gasteiger partial charge < -0.3 is 15.3 Å². The Morgan fingerprint density at radius 3 is 2.50 bits per heavy atom. The zero-order valence-electron chi connectivity index (χ0n) is 13.0. The Morgan fingerprint density at radius 1 is 1.12 bits per heavy atom. The maximum atomic E-state index is 12.6. The predicted octanol–water partition coefficient (Wildman–Crippen LogP) is 1.70. The molecule has 1 amide bonds. The lowest BCUT2D eigenvalue weighted by Crippen LogP contribution is -2.34. The van der Waals surface area contributed by atoms with Crippen molar-refractivity contribution < 1.29 is 14.7 Å². The number of carbonyl (C=O) groups is 1. The van der Waals surface area contributed by atoms with E-state index in [4.69, 9.17) is 4.84 Å². The normalized spacial score (nSPS) is 10.5. The monoisotopic (exact) mass is 324 g/mol. The number of para-hydroxylation sites is 1. The molecule has 2 N–H and O–H groups in total. The molecule has 2 aromatic carbocycles. The molecule has 0 radical (unpaired) electrons. The van der Waals surface area contributed by atoms with Crippen molar-refractivity contribution in [2.75, 3.05) is 7.05 Å². The summed E-state index contributed by atoms with van der Waals surface area (Å²) in [7, 11) is 1.39. The first kappa shape index (κ1) is 15.6. The number of aromatic hydroxyl groups is 1. The van der Waals surface area contributed by atoms with Crippen molar-refractivity contribution >= 4 is 16.8 Å². The topological polar surface area (TPSA) is 80.6 Å². The molecule has 3 rings (SSSR count). The lowest BCUT2D eigenvalue weighted by molar-refractivity contribution is 0.0904. The fraction of sp³-hybridized carbons (Fsp3) is 0.111. The minimum Gasteiger partial charge on any atom is -0.506 e. The molecule has 0 spiro atoms. The van der Waals surface area contributed by atoms with Crippen LogP contribution in [0.3, 0.4) is 0 Å². The Balaban J connectivity index is 2.15. The fourth-order valence-electron chi connectivity index (χ4n) is 2.47. The summed E-state index contributed by atoms with van der Waals surface area (Å²) >= 11 is 0. The molecule has 0 aliphatic rings. The van der Waals surface area contributed by atoms with E-state index in [-0.39, 0.29) is 17.9 Å². The largest absolute Gasteiger partial charge is 0.506 e. The van der Waals surface area contributed by atoms with Gasteiger partial charge in [-0.3, -0.25) is 9.59 Å². The van der Waals surface area contributed by atoms with Crippen molar-refractivity contribution in [3.63, 3.8) is 0 Å². The quantitative estimate of drug-likeness (QED) is 0.765. The van der Waals surface area contributed by atoms with E-state index in [9.17, 15) is 14.7 Å². The number of nitrogens with zero attached hydrogens (tertiary/aromatic N) is 1. The van der Waals surface area contributed by atoms with E-state index >= 15 is 0 Å². The van der Waals surface area contributed by atoms with Gasteiger partial charge in [0.2, 0.25) is 0 Å². The van der Waals surface area contributed by atoms with E-state index < -0.39 is 11.5 Å². The van der Waals surface area contributed by atoms with Gasteiger partial charge in [0.25, 0.3) is 11.5 Å². The molecule has 0 atom stereocenters. The SMILES string of the molecule is CNC(=O)c1c(O)c2ccccc2n(OCc2ccccc2)c1=O. The third-order valence-electron chi connectivity index (χ3n) is 3.67. The molecule has 6 heteroatoms. The van der Waals surface area contributed by atoms with Gasteiger partial charge in [-0.1, -0.05) is 42.5 Å². The molecule has 122 valence electrons. The summed E-state index contributed by atoms with van der Waals surface area (Å²) in [5.74, 6) is -1.02. The van der Waals surface area contributed by atoms with E-state index in [1.807, 2.05) is 30.3 Å². The van der Waals surface area contributed by atoms with Gasteiger partial charge in [0.15, 0.2) is 0 Å². The summed E-state index contributed by atoms with van der Waals surface area (Å²) in [5.41, 5.74) is 0.220. The van der Waals surface area contributed by atoms with E-state index in [1.54, 1.807) is 24.3 Å². The number of hydrogen-bond donors (Lipinski definition) is 2. The van der Waals surface area contributed by atoms with Crippen LogP contribution in [0.1, 0.15) is 15.9 Å². The van der Waals surface area contributed by atoms with Crippen LogP contribution >= 0.6 is 0 Å². The second kappa shape index (κ2) is 6.45. The highest BCUT2D eigenvalue weighted by Crippen LogP contribution is 2.25. The van der Waals surface area contributed by atoms with Gasteiger partial charge in [0.05, 0.1) is 5.52 Å². The summed E-state index contributed by atoms with van der Waals surface area (Å²) < 4.78 is 1.05. The zero-order chi connectivity index (χ0) is 17.1. The number of pyridine rings is 1. The maximum absolute atomic E-state index is 12.6. The smallest absolute Gasteiger partial charge is 0.300 e. The third kappa shape index (κ3) is 2.69. The van der Waals surface area contributed by atoms with E-state index in [0.29, 0.717) is 10.9 Å². The molecule has 1 heterocycles. The molecule has 0 unspecified atom stereocenters. The highest BCUT2D eigenvalue weighted by atomic mass is 16.7. The summed E-state index contributed by atoms with van der Waals surface area (Å²) in [6.07, 6.45) is 0. The van der Waals surface area contributed by atoms with Crippen LogP contribution in [0, 0.1) is 0 Å². The highest BCUT2D eigenvalue weighted by Gasteiger charge is 2.22. The molecule has 24 heavy (non-hydrogen) atoms. The average molecular weight is 324 g/mol. The summed E-state index contributed by atoms with van der Waals surface area (Å²) in [6.45, 7) is 0.155. The Kier molecular flexibility index (Phi) is 4.20. The first-order valence-electron chi connectivity index (χ1n) is 7.39. The lowest BCUT2D eigenvalue weighted by Gasteiger charge is -2.15. The number of benzene rings is 2. The van der Waals surface area contributed by atoms with Crippen molar-refractivity contribution in [2.24, 2.45) is 0 Å². The molecular formula is C18H16N2O4. The minimum atomic E-state index is -0.707. The molecule has 0 saturated heterocycles. The van der Waals surface area contributed by atoms with Crippen molar-refractivity contribution in [2.45, 2.75) is 6.61 Å². The van der Waals surface area contributed by atoms with Gasteiger partial charge in [-0.15, -0.1) is 4.73 Å². The Hall–Kier alpha value is -3.28. The van der Waals surface area contributed by atoms with Crippen LogP contribution in [-0.4, -0.2) is 22.8 Å². The Labute approximate surface area is 137 Å². The molecule has 0 saturated carbocycles.